The van der Waals surface area contributed by atoms with Crippen molar-refractivity contribution in [2.75, 3.05) is 0 Å². The SMILES string of the molecule is Cc1cc(-c2oc3cc([N+](=O)[O-])cc(O)c3c(=O)c2O)ccc1O. The Hall–Kier alpha value is -3.55. The molecule has 0 bridgehead atoms. The molecule has 8 nitrogen and oxygen atoms in total. The number of nitro benzene ring substituents is 1. The van der Waals surface area contributed by atoms with Gasteiger partial charge in [-0.15, -0.1) is 0 Å². The summed E-state index contributed by atoms with van der Waals surface area (Å²) in [5.74, 6) is -1.58. The first-order valence-corrected chi connectivity index (χ1v) is 6.76. The summed E-state index contributed by atoms with van der Waals surface area (Å²) in [6.07, 6.45) is 0. The van der Waals surface area contributed by atoms with Crippen LogP contribution < -0.4 is 5.43 Å². The third-order valence-corrected chi connectivity index (χ3v) is 3.61. The molecular formula is C16H11NO7. The van der Waals surface area contributed by atoms with E-state index in [2.05, 4.69) is 0 Å². The Balaban J connectivity index is 2.37. The highest BCUT2D eigenvalue weighted by Crippen LogP contribution is 2.36. The molecule has 0 atom stereocenters. The topological polar surface area (TPSA) is 134 Å². The van der Waals surface area contributed by atoms with E-state index in [0.29, 0.717) is 11.1 Å². The molecule has 0 amide bonds. The number of nitrogens with zero attached hydrogens (tertiary/aromatic N) is 1. The second-order valence-electron chi connectivity index (χ2n) is 5.21. The van der Waals surface area contributed by atoms with Gasteiger partial charge in [0.1, 0.15) is 22.5 Å². The highest BCUT2D eigenvalue weighted by atomic mass is 16.6. The van der Waals surface area contributed by atoms with Crippen molar-refractivity contribution >= 4 is 16.7 Å². The zero-order valence-corrected chi connectivity index (χ0v) is 12.3. The van der Waals surface area contributed by atoms with Crippen molar-refractivity contribution in [2.45, 2.75) is 6.92 Å². The van der Waals surface area contributed by atoms with Gasteiger partial charge in [-0.05, 0) is 30.7 Å². The van der Waals surface area contributed by atoms with Crippen LogP contribution in [0.5, 0.6) is 17.2 Å². The predicted molar refractivity (Wildman–Crippen MR) is 84.3 cm³/mol. The first-order chi connectivity index (χ1) is 11.3. The fourth-order valence-electron chi connectivity index (χ4n) is 2.37. The van der Waals surface area contributed by atoms with E-state index in [1.54, 1.807) is 6.92 Å². The molecule has 0 saturated heterocycles. The Morgan fingerprint density at radius 2 is 1.79 bits per heavy atom. The molecular weight excluding hydrogens is 318 g/mol. The molecule has 3 N–H and O–H groups in total. The number of aryl methyl sites for hydroxylation is 1. The highest BCUT2D eigenvalue weighted by molar-refractivity contribution is 5.88. The Morgan fingerprint density at radius 3 is 2.42 bits per heavy atom. The van der Waals surface area contributed by atoms with Crippen LogP contribution >= 0.6 is 0 Å². The molecule has 1 heterocycles. The average molecular weight is 329 g/mol. The molecule has 0 aliphatic carbocycles. The molecule has 0 radical (unpaired) electrons. The van der Waals surface area contributed by atoms with Crippen molar-refractivity contribution in [1.82, 2.24) is 0 Å². The maximum Gasteiger partial charge on any atom is 0.276 e. The van der Waals surface area contributed by atoms with Crippen LogP contribution in [-0.4, -0.2) is 20.2 Å². The summed E-state index contributed by atoms with van der Waals surface area (Å²) < 4.78 is 5.43. The number of rotatable bonds is 2. The quantitative estimate of drug-likeness (QED) is 0.486. The monoisotopic (exact) mass is 329 g/mol. The van der Waals surface area contributed by atoms with Crippen molar-refractivity contribution in [2.24, 2.45) is 0 Å². The Kier molecular flexibility index (Phi) is 3.37. The summed E-state index contributed by atoms with van der Waals surface area (Å²) in [5, 5.41) is 40.0. The van der Waals surface area contributed by atoms with Gasteiger partial charge in [-0.1, -0.05) is 0 Å². The third-order valence-electron chi connectivity index (χ3n) is 3.61. The first kappa shape index (κ1) is 15.3. The van der Waals surface area contributed by atoms with E-state index in [9.17, 15) is 30.2 Å². The van der Waals surface area contributed by atoms with Gasteiger partial charge in [0.25, 0.3) is 5.69 Å². The number of phenols is 2. The van der Waals surface area contributed by atoms with Crippen molar-refractivity contribution in [3.05, 3.63) is 56.2 Å². The summed E-state index contributed by atoms with van der Waals surface area (Å²) in [5.41, 5.74) is -0.819. The van der Waals surface area contributed by atoms with Crippen LogP contribution in [0.2, 0.25) is 0 Å². The number of non-ortho nitro benzene ring substituents is 1. The van der Waals surface area contributed by atoms with Gasteiger partial charge in [0.2, 0.25) is 11.2 Å². The minimum absolute atomic E-state index is 0.0228. The zero-order chi connectivity index (χ0) is 17.6. The Morgan fingerprint density at radius 1 is 1.08 bits per heavy atom. The van der Waals surface area contributed by atoms with E-state index in [1.807, 2.05) is 0 Å². The second kappa shape index (κ2) is 5.27. The molecule has 2 aromatic carbocycles. The lowest BCUT2D eigenvalue weighted by atomic mass is 10.1. The number of hydrogen-bond acceptors (Lipinski definition) is 7. The van der Waals surface area contributed by atoms with Gasteiger partial charge in [0, 0.05) is 5.56 Å². The van der Waals surface area contributed by atoms with Crippen LogP contribution in [0.25, 0.3) is 22.3 Å². The van der Waals surface area contributed by atoms with E-state index >= 15 is 0 Å². The summed E-state index contributed by atoms with van der Waals surface area (Å²) in [7, 11) is 0. The van der Waals surface area contributed by atoms with Crippen LogP contribution in [0, 0.1) is 17.0 Å². The van der Waals surface area contributed by atoms with E-state index < -0.39 is 27.5 Å². The highest BCUT2D eigenvalue weighted by Gasteiger charge is 2.21. The Bertz CT molecular complexity index is 1050. The van der Waals surface area contributed by atoms with E-state index in [0.717, 1.165) is 12.1 Å². The minimum Gasteiger partial charge on any atom is -0.508 e. The lowest BCUT2D eigenvalue weighted by Gasteiger charge is -2.08. The predicted octanol–water partition coefficient (Wildman–Crippen LogP) is 2.79. The fourth-order valence-corrected chi connectivity index (χ4v) is 2.37. The smallest absolute Gasteiger partial charge is 0.276 e. The van der Waals surface area contributed by atoms with E-state index in [4.69, 9.17) is 4.42 Å². The number of aromatic hydroxyl groups is 3. The molecule has 3 rings (SSSR count). The number of nitro groups is 1. The van der Waals surface area contributed by atoms with Crippen molar-refractivity contribution in [1.29, 1.82) is 0 Å². The summed E-state index contributed by atoms with van der Waals surface area (Å²) >= 11 is 0. The van der Waals surface area contributed by atoms with Crippen molar-refractivity contribution in [3.63, 3.8) is 0 Å². The normalized spacial score (nSPS) is 10.9. The van der Waals surface area contributed by atoms with E-state index in [-0.39, 0.29) is 22.5 Å². The van der Waals surface area contributed by atoms with Gasteiger partial charge >= 0.3 is 0 Å². The molecule has 122 valence electrons. The molecule has 24 heavy (non-hydrogen) atoms. The number of hydrogen-bond donors (Lipinski definition) is 3. The molecule has 0 saturated carbocycles. The molecule has 1 aromatic heterocycles. The summed E-state index contributed by atoms with van der Waals surface area (Å²) in [6, 6.07) is 6.06. The molecule has 3 aromatic rings. The van der Waals surface area contributed by atoms with Gasteiger partial charge in [0.05, 0.1) is 17.1 Å². The maximum absolute atomic E-state index is 12.3. The molecule has 0 spiro atoms. The van der Waals surface area contributed by atoms with Crippen molar-refractivity contribution in [3.8, 4) is 28.6 Å². The summed E-state index contributed by atoms with van der Waals surface area (Å²) in [4.78, 5) is 22.4. The van der Waals surface area contributed by atoms with E-state index in [1.165, 1.54) is 18.2 Å². The minimum atomic E-state index is -0.913. The van der Waals surface area contributed by atoms with Crippen LogP contribution in [0.1, 0.15) is 5.56 Å². The van der Waals surface area contributed by atoms with Gasteiger partial charge in [0.15, 0.2) is 5.76 Å². The lowest BCUT2D eigenvalue weighted by Crippen LogP contribution is -2.03. The van der Waals surface area contributed by atoms with Gasteiger partial charge in [-0.25, -0.2) is 0 Å². The molecule has 0 fully saturated rings. The number of fused-ring (bicyclic) bond motifs is 1. The number of benzene rings is 2. The summed E-state index contributed by atoms with van der Waals surface area (Å²) in [6.45, 7) is 1.62. The Labute approximate surface area is 134 Å². The van der Waals surface area contributed by atoms with Gasteiger partial charge in [-0.2, -0.15) is 0 Å². The van der Waals surface area contributed by atoms with Gasteiger partial charge in [-0.3, -0.25) is 14.9 Å². The zero-order valence-electron chi connectivity index (χ0n) is 12.3. The molecule has 0 unspecified atom stereocenters. The molecule has 0 aliphatic rings. The van der Waals surface area contributed by atoms with Gasteiger partial charge < -0.3 is 19.7 Å². The van der Waals surface area contributed by atoms with Crippen molar-refractivity contribution < 1.29 is 24.7 Å². The third kappa shape index (κ3) is 2.30. The van der Waals surface area contributed by atoms with Crippen LogP contribution in [0.3, 0.4) is 0 Å². The lowest BCUT2D eigenvalue weighted by molar-refractivity contribution is -0.384. The molecule has 0 aliphatic heterocycles. The van der Waals surface area contributed by atoms with Crippen LogP contribution in [0.15, 0.2) is 39.5 Å². The maximum atomic E-state index is 12.3. The second-order valence-corrected chi connectivity index (χ2v) is 5.21. The fraction of sp³-hybridized carbons (Fsp3) is 0.0625. The van der Waals surface area contributed by atoms with Crippen LogP contribution in [-0.2, 0) is 0 Å². The van der Waals surface area contributed by atoms with Crippen LogP contribution in [0.4, 0.5) is 5.69 Å². The standard InChI is InChI=1S/C16H11NO7/c1-7-4-8(2-3-10(7)18)16-15(21)14(20)13-11(19)5-9(17(22)23)6-12(13)24-16/h2-6,18-19,21H,1H3. The average Bonchev–Trinajstić information content (AvgIpc) is 2.52. The number of phenolic OH excluding ortho intramolecular Hbond substituents is 2. The first-order valence-electron chi connectivity index (χ1n) is 6.76. The largest absolute Gasteiger partial charge is 0.508 e. The molecule has 8 heteroatoms.